The summed E-state index contributed by atoms with van der Waals surface area (Å²) in [7, 11) is 0. The molecule has 3 nitrogen and oxygen atoms in total. The third kappa shape index (κ3) is 4.67. The second-order valence-electron chi connectivity index (χ2n) is 5.68. The van der Waals surface area contributed by atoms with Crippen LogP contribution in [0.25, 0.3) is 0 Å². The Balaban J connectivity index is 1.94. The van der Waals surface area contributed by atoms with E-state index in [9.17, 15) is 9.18 Å². The van der Waals surface area contributed by atoms with Gasteiger partial charge in [0.05, 0.1) is 0 Å². The van der Waals surface area contributed by atoms with E-state index in [4.69, 9.17) is 0 Å². The highest BCUT2D eigenvalue weighted by Gasteiger charge is 2.20. The molecule has 0 fully saturated rings. The maximum atomic E-state index is 13.0. The highest BCUT2D eigenvalue weighted by molar-refractivity contribution is 5.91. The molecule has 0 saturated heterocycles. The Bertz CT molecular complexity index is 596. The average Bonchev–Trinajstić information content (AvgIpc) is 2.50. The van der Waals surface area contributed by atoms with Crippen LogP contribution in [-0.4, -0.2) is 12.5 Å². The van der Waals surface area contributed by atoms with E-state index in [1.54, 1.807) is 12.1 Å². The minimum Gasteiger partial charge on any atom is -0.332 e. The van der Waals surface area contributed by atoms with E-state index < -0.39 is 0 Å². The Morgan fingerprint density at radius 3 is 2.32 bits per heavy atom. The lowest BCUT2D eigenvalue weighted by Crippen LogP contribution is -2.88. The summed E-state index contributed by atoms with van der Waals surface area (Å²) in [5.41, 5.74) is 1.83. The molecule has 4 heteroatoms. The quantitative estimate of drug-likeness (QED) is 0.846. The molecular weight excluding hydrogens is 279 g/mol. The van der Waals surface area contributed by atoms with Crippen molar-refractivity contribution >= 4 is 11.6 Å². The first-order chi connectivity index (χ1) is 10.6. The molecule has 2 aromatic rings. The summed E-state index contributed by atoms with van der Waals surface area (Å²) in [6.45, 7) is 4.52. The van der Waals surface area contributed by atoms with Gasteiger partial charge in [-0.25, -0.2) is 4.39 Å². The van der Waals surface area contributed by atoms with Gasteiger partial charge in [-0.15, -0.1) is 0 Å². The van der Waals surface area contributed by atoms with Gasteiger partial charge in [0.2, 0.25) is 0 Å². The number of nitrogens with one attached hydrogen (secondary N) is 1. The van der Waals surface area contributed by atoms with Gasteiger partial charge in [-0.05, 0) is 24.3 Å². The first-order valence-corrected chi connectivity index (χ1v) is 7.50. The Morgan fingerprint density at radius 2 is 1.73 bits per heavy atom. The summed E-state index contributed by atoms with van der Waals surface area (Å²) in [6, 6.07) is 16.0. The smallest absolute Gasteiger partial charge is 0.279 e. The van der Waals surface area contributed by atoms with Crippen molar-refractivity contribution in [3.05, 3.63) is 66.0 Å². The Labute approximate surface area is 130 Å². The van der Waals surface area contributed by atoms with E-state index in [1.165, 1.54) is 12.1 Å². The first-order valence-electron chi connectivity index (χ1n) is 7.50. The number of carbonyl (C=O) groups excluding carboxylic acids is 1. The summed E-state index contributed by atoms with van der Waals surface area (Å²) in [6.07, 6.45) is 0. The van der Waals surface area contributed by atoms with Crippen LogP contribution in [0.15, 0.2) is 54.6 Å². The molecule has 0 radical (unpaired) electrons. The number of para-hydroxylation sites is 1. The monoisotopic (exact) mass is 301 g/mol. The van der Waals surface area contributed by atoms with E-state index in [2.05, 4.69) is 19.2 Å². The van der Waals surface area contributed by atoms with Crippen LogP contribution < -0.4 is 10.6 Å². The standard InChI is InChI=1S/C18H21FN2O/c1-13(2)18(14-8-10-15(19)11-9-14)20-12-17(22)21-16-6-4-3-5-7-16/h3-11,13,18,20H,12H2,1-2H3,(H,21,22)/p+1/t18-/m0/s1. The molecule has 0 aliphatic rings. The Hall–Kier alpha value is -2.20. The van der Waals surface area contributed by atoms with Gasteiger partial charge in [0.25, 0.3) is 5.91 Å². The van der Waals surface area contributed by atoms with Crippen molar-refractivity contribution in [1.29, 1.82) is 0 Å². The molecule has 0 spiro atoms. The van der Waals surface area contributed by atoms with E-state index in [-0.39, 0.29) is 17.8 Å². The molecule has 3 N–H and O–H groups in total. The third-order valence-corrected chi connectivity index (χ3v) is 3.59. The topological polar surface area (TPSA) is 45.7 Å². The summed E-state index contributed by atoms with van der Waals surface area (Å²) >= 11 is 0. The van der Waals surface area contributed by atoms with Crippen LogP contribution in [0, 0.1) is 11.7 Å². The van der Waals surface area contributed by atoms with Crippen LogP contribution in [-0.2, 0) is 4.79 Å². The number of anilines is 1. The fourth-order valence-electron chi connectivity index (χ4n) is 2.45. The predicted octanol–water partition coefficient (Wildman–Crippen LogP) is 2.72. The van der Waals surface area contributed by atoms with Crippen molar-refractivity contribution in [2.24, 2.45) is 5.92 Å². The van der Waals surface area contributed by atoms with Crippen LogP contribution in [0.3, 0.4) is 0 Å². The number of benzene rings is 2. The summed E-state index contributed by atoms with van der Waals surface area (Å²) in [5.74, 6) is 0.0574. The second kappa shape index (κ2) is 7.71. The first kappa shape index (κ1) is 16.2. The zero-order valence-corrected chi connectivity index (χ0v) is 12.9. The molecule has 2 aromatic carbocycles. The van der Waals surface area contributed by atoms with Crippen molar-refractivity contribution in [3.8, 4) is 0 Å². The van der Waals surface area contributed by atoms with E-state index >= 15 is 0 Å². The normalized spacial score (nSPS) is 12.2. The van der Waals surface area contributed by atoms with Crippen molar-refractivity contribution in [2.45, 2.75) is 19.9 Å². The lowest BCUT2D eigenvalue weighted by Gasteiger charge is -2.19. The van der Waals surface area contributed by atoms with Crippen LogP contribution in [0.4, 0.5) is 10.1 Å². The molecule has 1 atom stereocenters. The van der Waals surface area contributed by atoms with Gasteiger partial charge in [-0.2, -0.15) is 0 Å². The molecule has 1 amide bonds. The molecule has 0 heterocycles. The second-order valence-corrected chi connectivity index (χ2v) is 5.68. The highest BCUT2D eigenvalue weighted by atomic mass is 19.1. The van der Waals surface area contributed by atoms with Gasteiger partial charge in [0.15, 0.2) is 6.54 Å². The van der Waals surface area contributed by atoms with Crippen LogP contribution in [0.5, 0.6) is 0 Å². The molecule has 0 unspecified atom stereocenters. The SMILES string of the molecule is CC(C)[C@H]([NH2+]CC(=O)Nc1ccccc1)c1ccc(F)cc1. The van der Waals surface area contributed by atoms with Crippen LogP contribution >= 0.6 is 0 Å². The molecular formula is C18H22FN2O+. The number of hydrogen-bond donors (Lipinski definition) is 2. The number of quaternary nitrogens is 1. The summed E-state index contributed by atoms with van der Waals surface area (Å²) in [4.78, 5) is 12.0. The van der Waals surface area contributed by atoms with Crippen LogP contribution in [0.1, 0.15) is 25.5 Å². The fourth-order valence-corrected chi connectivity index (χ4v) is 2.45. The highest BCUT2D eigenvalue weighted by Crippen LogP contribution is 2.17. The van der Waals surface area contributed by atoms with Crippen molar-refractivity contribution in [1.82, 2.24) is 0 Å². The number of rotatable bonds is 6. The van der Waals surface area contributed by atoms with Gasteiger partial charge >= 0.3 is 0 Å². The Morgan fingerprint density at radius 1 is 1.09 bits per heavy atom. The minimum atomic E-state index is -0.243. The van der Waals surface area contributed by atoms with E-state index in [1.807, 2.05) is 35.6 Å². The summed E-state index contributed by atoms with van der Waals surface area (Å²) in [5, 5.41) is 4.86. The maximum absolute atomic E-state index is 13.0. The molecule has 0 aliphatic heterocycles. The van der Waals surface area contributed by atoms with Gasteiger partial charge in [-0.3, -0.25) is 4.79 Å². The molecule has 2 rings (SSSR count). The number of nitrogens with two attached hydrogens (primary N) is 1. The molecule has 0 bridgehead atoms. The molecule has 0 saturated carbocycles. The summed E-state index contributed by atoms with van der Waals surface area (Å²) < 4.78 is 13.0. The molecule has 0 aromatic heterocycles. The molecule has 22 heavy (non-hydrogen) atoms. The predicted molar refractivity (Wildman–Crippen MR) is 85.8 cm³/mol. The number of halogens is 1. The van der Waals surface area contributed by atoms with Crippen LogP contribution in [0.2, 0.25) is 0 Å². The zero-order chi connectivity index (χ0) is 15.9. The van der Waals surface area contributed by atoms with Gasteiger partial charge < -0.3 is 10.6 Å². The zero-order valence-electron chi connectivity index (χ0n) is 12.9. The molecule has 0 aliphatic carbocycles. The molecule has 116 valence electrons. The number of carbonyl (C=O) groups is 1. The lowest BCUT2D eigenvalue weighted by molar-refractivity contribution is -0.692. The van der Waals surface area contributed by atoms with Gasteiger partial charge in [0, 0.05) is 17.2 Å². The van der Waals surface area contributed by atoms with E-state index in [0.717, 1.165) is 11.3 Å². The van der Waals surface area contributed by atoms with Crippen molar-refractivity contribution in [3.63, 3.8) is 0 Å². The minimum absolute atomic E-state index is 0.0426. The number of hydrogen-bond acceptors (Lipinski definition) is 1. The maximum Gasteiger partial charge on any atom is 0.279 e. The largest absolute Gasteiger partial charge is 0.332 e. The lowest BCUT2D eigenvalue weighted by atomic mass is 9.96. The van der Waals surface area contributed by atoms with Gasteiger partial charge in [0.1, 0.15) is 11.9 Å². The van der Waals surface area contributed by atoms with Gasteiger partial charge in [-0.1, -0.05) is 44.2 Å². The fraction of sp³-hybridized carbons (Fsp3) is 0.278. The average molecular weight is 301 g/mol. The van der Waals surface area contributed by atoms with Crippen molar-refractivity contribution < 1.29 is 14.5 Å². The van der Waals surface area contributed by atoms with E-state index in [0.29, 0.717) is 12.5 Å². The number of amides is 1. The third-order valence-electron chi connectivity index (χ3n) is 3.59. The van der Waals surface area contributed by atoms with Crippen molar-refractivity contribution in [2.75, 3.05) is 11.9 Å². The Kier molecular flexibility index (Phi) is 5.67.